The lowest BCUT2D eigenvalue weighted by Gasteiger charge is -2.08. The predicted octanol–water partition coefficient (Wildman–Crippen LogP) is 4.77. The van der Waals surface area contributed by atoms with Gasteiger partial charge in [-0.2, -0.15) is 18.4 Å². The third-order valence-electron chi connectivity index (χ3n) is 2.73. The van der Waals surface area contributed by atoms with Crippen molar-refractivity contribution in [2.45, 2.75) is 6.18 Å². The number of halogens is 3. The molecule has 0 bridgehead atoms. The van der Waals surface area contributed by atoms with E-state index >= 15 is 0 Å². The Bertz CT molecular complexity index is 664. The topological polar surface area (TPSA) is 23.8 Å². The third kappa shape index (κ3) is 3.27. The van der Waals surface area contributed by atoms with Gasteiger partial charge in [-0.25, -0.2) is 0 Å². The van der Waals surface area contributed by atoms with Gasteiger partial charge in [0.25, 0.3) is 0 Å². The summed E-state index contributed by atoms with van der Waals surface area (Å²) < 4.78 is 38.0. The van der Waals surface area contributed by atoms with E-state index < -0.39 is 11.7 Å². The molecule has 0 atom stereocenters. The predicted molar refractivity (Wildman–Crippen MR) is 71.4 cm³/mol. The Hall–Kier alpha value is -2.54. The summed E-state index contributed by atoms with van der Waals surface area (Å²) in [5.74, 6) is 0. The zero-order valence-corrected chi connectivity index (χ0v) is 10.4. The number of hydrogen-bond acceptors (Lipinski definition) is 1. The first-order chi connectivity index (χ1) is 9.50. The number of nitriles is 1. The number of benzene rings is 2. The number of allylic oxidation sites excluding steroid dienone is 1. The van der Waals surface area contributed by atoms with E-state index in [9.17, 15) is 13.2 Å². The van der Waals surface area contributed by atoms with Crippen molar-refractivity contribution in [3.05, 3.63) is 71.3 Å². The number of rotatable bonds is 2. The van der Waals surface area contributed by atoms with Crippen molar-refractivity contribution in [1.82, 2.24) is 0 Å². The van der Waals surface area contributed by atoms with Crippen molar-refractivity contribution in [2.24, 2.45) is 0 Å². The fourth-order valence-corrected chi connectivity index (χ4v) is 1.76. The van der Waals surface area contributed by atoms with Crippen LogP contribution in [0.2, 0.25) is 0 Å². The van der Waals surface area contributed by atoms with Gasteiger partial charge >= 0.3 is 6.18 Å². The van der Waals surface area contributed by atoms with Gasteiger partial charge in [0.2, 0.25) is 0 Å². The molecule has 0 aromatic heterocycles. The van der Waals surface area contributed by atoms with Crippen molar-refractivity contribution < 1.29 is 13.2 Å². The van der Waals surface area contributed by atoms with E-state index in [0.717, 1.165) is 17.7 Å². The highest BCUT2D eigenvalue weighted by Crippen LogP contribution is 2.31. The maximum atomic E-state index is 12.7. The molecule has 0 spiro atoms. The number of alkyl halides is 3. The molecule has 0 saturated heterocycles. The first-order valence-corrected chi connectivity index (χ1v) is 5.85. The summed E-state index contributed by atoms with van der Waals surface area (Å²) in [6.07, 6.45) is -2.85. The van der Waals surface area contributed by atoms with Crippen LogP contribution in [0.25, 0.3) is 11.6 Å². The summed E-state index contributed by atoms with van der Waals surface area (Å²) in [6.45, 7) is 0. The van der Waals surface area contributed by atoms with Gasteiger partial charge in [-0.15, -0.1) is 0 Å². The molecule has 0 aliphatic carbocycles. The Morgan fingerprint density at radius 1 is 1.00 bits per heavy atom. The molecule has 0 aliphatic heterocycles. The summed E-state index contributed by atoms with van der Waals surface area (Å²) in [5.41, 5.74) is 0.458. The summed E-state index contributed by atoms with van der Waals surface area (Å²) in [5, 5.41) is 9.13. The second kappa shape index (κ2) is 5.62. The lowest BCUT2D eigenvalue weighted by atomic mass is 10.0. The van der Waals surface area contributed by atoms with Crippen LogP contribution in [-0.4, -0.2) is 0 Å². The zero-order valence-electron chi connectivity index (χ0n) is 10.4. The highest BCUT2D eigenvalue weighted by molar-refractivity contribution is 5.89. The minimum atomic E-state index is -4.41. The Labute approximate surface area is 114 Å². The van der Waals surface area contributed by atoms with Gasteiger partial charge in [0, 0.05) is 0 Å². The standard InChI is InChI=1S/C16H10F3N/c17-16(18,19)15-8-4-7-13(10-15)14(11-20)9-12-5-2-1-3-6-12/h1-10H. The largest absolute Gasteiger partial charge is 0.416 e. The van der Waals surface area contributed by atoms with Crippen molar-refractivity contribution in [3.63, 3.8) is 0 Å². The molecule has 0 aliphatic rings. The van der Waals surface area contributed by atoms with Crippen LogP contribution in [0.15, 0.2) is 54.6 Å². The Kier molecular flexibility index (Phi) is 3.90. The molecule has 4 heteroatoms. The van der Waals surface area contributed by atoms with Crippen LogP contribution in [0.1, 0.15) is 16.7 Å². The minimum absolute atomic E-state index is 0.197. The maximum Gasteiger partial charge on any atom is 0.416 e. The van der Waals surface area contributed by atoms with Gasteiger partial charge < -0.3 is 0 Å². The highest BCUT2D eigenvalue weighted by atomic mass is 19.4. The molecule has 20 heavy (non-hydrogen) atoms. The Morgan fingerprint density at radius 3 is 2.30 bits per heavy atom. The van der Waals surface area contributed by atoms with E-state index in [0.29, 0.717) is 0 Å². The normalized spacial score (nSPS) is 12.0. The average Bonchev–Trinajstić information content (AvgIpc) is 2.45. The van der Waals surface area contributed by atoms with Gasteiger partial charge in [0.15, 0.2) is 0 Å². The van der Waals surface area contributed by atoms with Gasteiger partial charge in [-0.1, -0.05) is 42.5 Å². The Morgan fingerprint density at radius 2 is 1.70 bits per heavy atom. The summed E-state index contributed by atoms with van der Waals surface area (Å²) in [6, 6.07) is 15.7. The smallest absolute Gasteiger partial charge is 0.192 e. The van der Waals surface area contributed by atoms with Crippen LogP contribution in [0.4, 0.5) is 13.2 Å². The quantitative estimate of drug-likeness (QED) is 0.571. The third-order valence-corrected chi connectivity index (χ3v) is 2.73. The molecule has 2 rings (SSSR count). The second-order valence-electron chi connectivity index (χ2n) is 4.16. The van der Waals surface area contributed by atoms with Gasteiger partial charge in [0.1, 0.15) is 0 Å². The van der Waals surface area contributed by atoms with Gasteiger partial charge in [-0.3, -0.25) is 0 Å². The van der Waals surface area contributed by atoms with E-state index in [2.05, 4.69) is 0 Å². The van der Waals surface area contributed by atoms with Crippen molar-refractivity contribution in [1.29, 1.82) is 5.26 Å². The zero-order chi connectivity index (χ0) is 14.6. The molecule has 100 valence electrons. The van der Waals surface area contributed by atoms with Crippen molar-refractivity contribution in [3.8, 4) is 6.07 Å². The molecule has 0 fully saturated rings. The molecule has 0 heterocycles. The Balaban J connectivity index is 2.44. The fraction of sp³-hybridized carbons (Fsp3) is 0.0625. The second-order valence-corrected chi connectivity index (χ2v) is 4.16. The molecule has 0 unspecified atom stereocenters. The molecular weight excluding hydrogens is 263 g/mol. The van der Waals surface area contributed by atoms with Crippen LogP contribution in [0.5, 0.6) is 0 Å². The molecule has 2 aromatic rings. The molecule has 0 radical (unpaired) electrons. The monoisotopic (exact) mass is 273 g/mol. The van der Waals surface area contributed by atoms with E-state index in [4.69, 9.17) is 5.26 Å². The van der Waals surface area contributed by atoms with Crippen LogP contribution < -0.4 is 0 Å². The van der Waals surface area contributed by atoms with Crippen LogP contribution in [0.3, 0.4) is 0 Å². The minimum Gasteiger partial charge on any atom is -0.192 e. The molecule has 1 nitrogen and oxygen atoms in total. The molecular formula is C16H10F3N. The van der Waals surface area contributed by atoms with E-state index in [1.165, 1.54) is 12.1 Å². The van der Waals surface area contributed by atoms with E-state index in [1.807, 2.05) is 12.1 Å². The van der Waals surface area contributed by atoms with Crippen molar-refractivity contribution in [2.75, 3.05) is 0 Å². The first kappa shape index (κ1) is 13.9. The van der Waals surface area contributed by atoms with E-state index in [-0.39, 0.29) is 11.1 Å². The molecule has 0 amide bonds. The lowest BCUT2D eigenvalue weighted by molar-refractivity contribution is -0.137. The summed E-state index contributed by atoms with van der Waals surface area (Å²) in [7, 11) is 0. The first-order valence-electron chi connectivity index (χ1n) is 5.85. The summed E-state index contributed by atoms with van der Waals surface area (Å²) >= 11 is 0. The van der Waals surface area contributed by atoms with Gasteiger partial charge in [0.05, 0.1) is 17.2 Å². The fourth-order valence-electron chi connectivity index (χ4n) is 1.76. The average molecular weight is 273 g/mol. The lowest BCUT2D eigenvalue weighted by Crippen LogP contribution is -2.04. The molecule has 0 N–H and O–H groups in total. The number of nitrogens with zero attached hydrogens (tertiary/aromatic N) is 1. The summed E-state index contributed by atoms with van der Waals surface area (Å²) in [4.78, 5) is 0. The van der Waals surface area contributed by atoms with Crippen LogP contribution in [0, 0.1) is 11.3 Å². The number of hydrogen-bond donors (Lipinski definition) is 0. The van der Waals surface area contributed by atoms with Crippen LogP contribution in [-0.2, 0) is 6.18 Å². The molecule has 0 saturated carbocycles. The highest BCUT2D eigenvalue weighted by Gasteiger charge is 2.30. The van der Waals surface area contributed by atoms with Crippen LogP contribution >= 0.6 is 0 Å². The molecule has 2 aromatic carbocycles. The maximum absolute atomic E-state index is 12.7. The van der Waals surface area contributed by atoms with E-state index in [1.54, 1.807) is 30.3 Å². The van der Waals surface area contributed by atoms with Crippen molar-refractivity contribution >= 4 is 11.6 Å². The van der Waals surface area contributed by atoms with Gasteiger partial charge in [-0.05, 0) is 29.3 Å². The SMILES string of the molecule is N#CC(=Cc1ccccc1)c1cccc(C(F)(F)F)c1.